The lowest BCUT2D eigenvalue weighted by atomic mass is 9.92. The first-order valence-electron chi connectivity index (χ1n) is 6.91. The molecule has 1 aliphatic rings. The highest BCUT2D eigenvalue weighted by atomic mass is 16.5. The molecule has 0 amide bonds. The van der Waals surface area contributed by atoms with Crippen LogP contribution in [0.15, 0.2) is 0 Å². The van der Waals surface area contributed by atoms with E-state index in [-0.39, 0.29) is 11.9 Å². The van der Waals surface area contributed by atoms with Crippen molar-refractivity contribution in [1.29, 1.82) is 0 Å². The molecule has 1 fully saturated rings. The zero-order chi connectivity index (χ0) is 12.5. The van der Waals surface area contributed by atoms with Crippen LogP contribution in [0.2, 0.25) is 0 Å². The van der Waals surface area contributed by atoms with Gasteiger partial charge in [-0.05, 0) is 38.6 Å². The van der Waals surface area contributed by atoms with Crippen molar-refractivity contribution >= 4 is 14.0 Å². The third-order valence-corrected chi connectivity index (χ3v) is 3.63. The van der Waals surface area contributed by atoms with Crippen molar-refractivity contribution in [3.8, 4) is 0 Å². The number of piperidine rings is 1. The van der Waals surface area contributed by atoms with Crippen molar-refractivity contribution in [2.75, 3.05) is 6.54 Å². The van der Waals surface area contributed by atoms with Gasteiger partial charge in [-0.25, -0.2) is 0 Å². The summed E-state index contributed by atoms with van der Waals surface area (Å²) < 4.78 is 4.39. The minimum absolute atomic E-state index is 0.0105. The Morgan fingerprint density at radius 1 is 1.47 bits per heavy atom. The van der Waals surface area contributed by atoms with Gasteiger partial charge in [0, 0.05) is 6.04 Å². The van der Waals surface area contributed by atoms with Crippen molar-refractivity contribution in [2.45, 2.75) is 64.3 Å². The van der Waals surface area contributed by atoms with E-state index < -0.39 is 0 Å². The largest absolute Gasteiger partial charge is 0.543 e. The van der Waals surface area contributed by atoms with Crippen LogP contribution in [0.4, 0.5) is 0 Å². The normalized spacial score (nSPS) is 22.1. The summed E-state index contributed by atoms with van der Waals surface area (Å²) in [6.07, 6.45) is 8.85. The number of nitrogens with one attached hydrogen (secondary N) is 1. The third kappa shape index (κ3) is 5.58. The van der Waals surface area contributed by atoms with E-state index in [0.29, 0.717) is 6.04 Å². The number of unbranched alkanes of at least 4 members (excludes halogenated alkanes) is 1. The molecule has 1 rings (SSSR count). The quantitative estimate of drug-likeness (QED) is 0.690. The standard InChI is InChI=1S/C13H24BNO2/c1-2-3-6-11(13(16)17-14)8-9-12-7-4-5-10-15-12/h11-12,15H,2-10H2,1H3. The molecule has 0 saturated carbocycles. The van der Waals surface area contributed by atoms with Crippen LogP contribution in [0, 0.1) is 5.92 Å². The van der Waals surface area contributed by atoms with Gasteiger partial charge in [0.25, 0.3) is 5.97 Å². The maximum atomic E-state index is 11.5. The van der Waals surface area contributed by atoms with Gasteiger partial charge in [-0.3, -0.25) is 4.79 Å². The van der Waals surface area contributed by atoms with Crippen LogP contribution in [0.5, 0.6) is 0 Å². The first kappa shape index (κ1) is 14.6. The average molecular weight is 237 g/mol. The second kappa shape index (κ2) is 8.57. The lowest BCUT2D eigenvalue weighted by Gasteiger charge is -2.25. The van der Waals surface area contributed by atoms with Gasteiger partial charge in [0.1, 0.15) is 0 Å². The predicted molar refractivity (Wildman–Crippen MR) is 69.7 cm³/mol. The van der Waals surface area contributed by atoms with Gasteiger partial charge in [-0.1, -0.05) is 26.2 Å². The van der Waals surface area contributed by atoms with Crippen LogP contribution in [0.3, 0.4) is 0 Å². The lowest BCUT2D eigenvalue weighted by molar-refractivity contribution is -0.139. The number of rotatable bonds is 7. The first-order chi connectivity index (χ1) is 8.27. The van der Waals surface area contributed by atoms with Crippen LogP contribution >= 0.6 is 0 Å². The van der Waals surface area contributed by atoms with Crippen LogP contribution in [0.1, 0.15) is 58.3 Å². The van der Waals surface area contributed by atoms with E-state index >= 15 is 0 Å². The van der Waals surface area contributed by atoms with E-state index in [4.69, 9.17) is 8.05 Å². The van der Waals surface area contributed by atoms with E-state index in [9.17, 15) is 4.79 Å². The van der Waals surface area contributed by atoms with Gasteiger partial charge < -0.3 is 9.97 Å². The Labute approximate surface area is 106 Å². The Balaban J connectivity index is 2.28. The van der Waals surface area contributed by atoms with Crippen molar-refractivity contribution in [1.82, 2.24) is 5.32 Å². The topological polar surface area (TPSA) is 38.3 Å². The maximum Gasteiger partial charge on any atom is 0.378 e. The smallest absolute Gasteiger partial charge is 0.378 e. The summed E-state index contributed by atoms with van der Waals surface area (Å²) in [4.78, 5) is 11.5. The van der Waals surface area contributed by atoms with Crippen LogP contribution in [-0.4, -0.2) is 26.6 Å². The van der Waals surface area contributed by atoms with Gasteiger partial charge in [0.15, 0.2) is 0 Å². The van der Waals surface area contributed by atoms with E-state index in [1.54, 1.807) is 0 Å². The predicted octanol–water partition coefficient (Wildman–Crippen LogP) is 2.34. The molecular weight excluding hydrogens is 213 g/mol. The summed E-state index contributed by atoms with van der Waals surface area (Å²) in [7, 11) is 4.99. The molecule has 1 saturated heterocycles. The Bertz CT molecular complexity index is 217. The molecular formula is C13H24BNO2. The highest BCUT2D eigenvalue weighted by Crippen LogP contribution is 2.20. The third-order valence-electron chi connectivity index (χ3n) is 3.63. The average Bonchev–Trinajstić information content (AvgIpc) is 2.39. The summed E-state index contributed by atoms with van der Waals surface area (Å²) in [5, 5.41) is 3.50. The molecule has 3 nitrogen and oxygen atoms in total. The lowest BCUT2D eigenvalue weighted by Crippen LogP contribution is -2.34. The van der Waals surface area contributed by atoms with E-state index in [0.717, 1.165) is 38.6 Å². The summed E-state index contributed by atoms with van der Waals surface area (Å²) >= 11 is 0. The van der Waals surface area contributed by atoms with Crippen LogP contribution in [-0.2, 0) is 9.45 Å². The molecule has 1 N–H and O–H groups in total. The summed E-state index contributed by atoms with van der Waals surface area (Å²) in [5.74, 6) is -0.252. The zero-order valence-corrected chi connectivity index (χ0v) is 10.9. The SMILES string of the molecule is [B]OC(=O)C(CCCC)CCC1CCCCN1. The molecule has 2 unspecified atom stereocenters. The molecule has 1 heterocycles. The Kier molecular flexibility index (Phi) is 7.33. The van der Waals surface area contributed by atoms with E-state index in [1.165, 1.54) is 19.3 Å². The van der Waals surface area contributed by atoms with Crippen molar-refractivity contribution in [2.24, 2.45) is 5.92 Å². The van der Waals surface area contributed by atoms with Crippen molar-refractivity contribution in [3.05, 3.63) is 0 Å². The fourth-order valence-electron chi connectivity index (χ4n) is 2.50. The summed E-state index contributed by atoms with van der Waals surface area (Å²) in [6.45, 7) is 3.25. The van der Waals surface area contributed by atoms with Gasteiger partial charge in [0.2, 0.25) is 0 Å². The van der Waals surface area contributed by atoms with Gasteiger partial charge in [-0.2, -0.15) is 0 Å². The van der Waals surface area contributed by atoms with Crippen molar-refractivity contribution < 1.29 is 9.45 Å². The molecule has 0 aromatic heterocycles. The molecule has 0 spiro atoms. The van der Waals surface area contributed by atoms with Gasteiger partial charge in [-0.15, -0.1) is 0 Å². The molecule has 2 atom stereocenters. The highest BCUT2D eigenvalue weighted by molar-refractivity contribution is 6.05. The first-order valence-corrected chi connectivity index (χ1v) is 6.91. The Morgan fingerprint density at radius 3 is 2.88 bits per heavy atom. The molecule has 0 aromatic carbocycles. The fourth-order valence-corrected chi connectivity index (χ4v) is 2.50. The van der Waals surface area contributed by atoms with Crippen LogP contribution in [0.25, 0.3) is 0 Å². The molecule has 2 radical (unpaired) electrons. The van der Waals surface area contributed by atoms with Crippen molar-refractivity contribution in [3.63, 3.8) is 0 Å². The highest BCUT2D eigenvalue weighted by Gasteiger charge is 2.20. The molecule has 17 heavy (non-hydrogen) atoms. The van der Waals surface area contributed by atoms with E-state index in [1.807, 2.05) is 0 Å². The molecule has 1 aliphatic heterocycles. The Hall–Kier alpha value is -0.505. The van der Waals surface area contributed by atoms with E-state index in [2.05, 4.69) is 16.9 Å². The maximum absolute atomic E-state index is 11.5. The molecule has 0 aliphatic carbocycles. The number of hydrogen-bond donors (Lipinski definition) is 1. The fraction of sp³-hybridized carbons (Fsp3) is 0.923. The number of carbonyl (C=O) groups is 1. The van der Waals surface area contributed by atoms with Crippen LogP contribution < -0.4 is 5.32 Å². The molecule has 0 bridgehead atoms. The number of carbonyl (C=O) groups excluding carboxylic acids is 1. The molecule has 4 heteroatoms. The summed E-state index contributed by atoms with van der Waals surface area (Å²) in [6, 6.07) is 0.582. The molecule has 0 aromatic rings. The zero-order valence-electron chi connectivity index (χ0n) is 10.9. The van der Waals surface area contributed by atoms with Gasteiger partial charge in [0.05, 0.1) is 5.92 Å². The Morgan fingerprint density at radius 2 is 2.29 bits per heavy atom. The summed E-state index contributed by atoms with van der Waals surface area (Å²) in [5.41, 5.74) is 0. The minimum Gasteiger partial charge on any atom is -0.543 e. The monoisotopic (exact) mass is 237 g/mol. The minimum atomic E-state index is -0.241. The molecule has 96 valence electrons. The second-order valence-electron chi connectivity index (χ2n) is 5.00. The second-order valence-corrected chi connectivity index (χ2v) is 5.00. The number of hydrogen-bond acceptors (Lipinski definition) is 3. The van der Waals surface area contributed by atoms with Gasteiger partial charge >= 0.3 is 8.05 Å².